The van der Waals surface area contributed by atoms with E-state index >= 15 is 0 Å². The molecule has 0 heterocycles. The van der Waals surface area contributed by atoms with Crippen LogP contribution in [0.25, 0.3) is 0 Å². The summed E-state index contributed by atoms with van der Waals surface area (Å²) in [6.45, 7) is 4.38. The van der Waals surface area contributed by atoms with Gasteiger partial charge in [0.1, 0.15) is 10.6 Å². The van der Waals surface area contributed by atoms with E-state index in [9.17, 15) is 31.2 Å². The minimum atomic E-state index is -4.68. The number of hydrogen-bond donors (Lipinski definition) is 3. The molecule has 0 unspecified atom stereocenters. The lowest BCUT2D eigenvalue weighted by Gasteiger charge is -2.16. The number of methoxy groups -OCH3 is 1. The molecule has 0 bridgehead atoms. The molecule has 32 heavy (non-hydrogen) atoms. The highest BCUT2D eigenvalue weighted by Gasteiger charge is 2.31. The standard InChI is InChI=1S/C20H22F3N3O5S/c1-11(2)26-32(29,30)18-9-13(5-8-17(18)31-4)19(28)25-16-10-14(20(21,22)23)6-7-15(16)24-12(3)27/h5-11,26H,1-4H3,(H,24,27)(H,25,28). The van der Waals surface area contributed by atoms with E-state index in [-0.39, 0.29) is 27.6 Å². The second kappa shape index (κ2) is 9.57. The first kappa shape index (κ1) is 25.1. The Morgan fingerprint density at radius 3 is 2.19 bits per heavy atom. The smallest absolute Gasteiger partial charge is 0.416 e. The molecule has 0 spiro atoms. The number of sulfonamides is 1. The Bertz CT molecular complexity index is 1130. The number of benzene rings is 2. The molecule has 0 atom stereocenters. The van der Waals surface area contributed by atoms with E-state index < -0.39 is 39.6 Å². The minimum Gasteiger partial charge on any atom is -0.495 e. The first-order valence-corrected chi connectivity index (χ1v) is 10.7. The average molecular weight is 473 g/mol. The lowest BCUT2D eigenvalue weighted by molar-refractivity contribution is -0.137. The van der Waals surface area contributed by atoms with Gasteiger partial charge < -0.3 is 15.4 Å². The molecule has 0 aromatic heterocycles. The van der Waals surface area contributed by atoms with Gasteiger partial charge in [-0.05, 0) is 50.2 Å². The Morgan fingerprint density at radius 2 is 1.66 bits per heavy atom. The number of hydrogen-bond acceptors (Lipinski definition) is 5. The summed E-state index contributed by atoms with van der Waals surface area (Å²) in [7, 11) is -2.79. The van der Waals surface area contributed by atoms with Crippen molar-refractivity contribution in [3.8, 4) is 5.75 Å². The number of carbonyl (C=O) groups excluding carboxylic acids is 2. The van der Waals surface area contributed by atoms with Crippen molar-refractivity contribution in [1.29, 1.82) is 0 Å². The molecule has 0 aliphatic heterocycles. The van der Waals surface area contributed by atoms with Crippen molar-refractivity contribution >= 4 is 33.2 Å². The molecule has 8 nitrogen and oxygen atoms in total. The van der Waals surface area contributed by atoms with Crippen LogP contribution in [0, 0.1) is 0 Å². The van der Waals surface area contributed by atoms with E-state index in [0.717, 1.165) is 25.1 Å². The second-order valence-electron chi connectivity index (χ2n) is 7.04. The summed E-state index contributed by atoms with van der Waals surface area (Å²) in [5, 5.41) is 4.63. The number of rotatable bonds is 7. The zero-order valence-corrected chi connectivity index (χ0v) is 18.4. The molecule has 174 valence electrons. The topological polar surface area (TPSA) is 114 Å². The Labute approximate surface area is 183 Å². The first-order chi connectivity index (χ1) is 14.7. The van der Waals surface area contributed by atoms with Crippen LogP contribution in [-0.2, 0) is 21.0 Å². The van der Waals surface area contributed by atoms with Crippen LogP contribution in [0.1, 0.15) is 36.7 Å². The Kier molecular flexibility index (Phi) is 7.52. The van der Waals surface area contributed by atoms with Crippen molar-refractivity contribution in [2.45, 2.75) is 37.9 Å². The van der Waals surface area contributed by atoms with Crippen molar-refractivity contribution in [2.75, 3.05) is 17.7 Å². The highest BCUT2D eigenvalue weighted by molar-refractivity contribution is 7.89. The lowest BCUT2D eigenvalue weighted by Crippen LogP contribution is -2.30. The van der Waals surface area contributed by atoms with E-state index in [1.165, 1.54) is 19.2 Å². The molecular formula is C20H22F3N3O5S. The maximum atomic E-state index is 13.1. The maximum absolute atomic E-state index is 13.1. The molecule has 0 saturated heterocycles. The molecule has 12 heteroatoms. The molecule has 2 rings (SSSR count). The van der Waals surface area contributed by atoms with Crippen LogP contribution in [0.2, 0.25) is 0 Å². The number of alkyl halides is 3. The van der Waals surface area contributed by atoms with Crippen LogP contribution in [0.3, 0.4) is 0 Å². The second-order valence-corrected chi connectivity index (χ2v) is 8.72. The molecular weight excluding hydrogens is 451 g/mol. The molecule has 2 aromatic rings. The van der Waals surface area contributed by atoms with Gasteiger partial charge in [0.25, 0.3) is 5.91 Å². The molecule has 0 saturated carbocycles. The van der Waals surface area contributed by atoms with Crippen LogP contribution in [0.15, 0.2) is 41.3 Å². The van der Waals surface area contributed by atoms with Crippen LogP contribution < -0.4 is 20.1 Å². The third kappa shape index (κ3) is 6.20. The quantitative estimate of drug-likeness (QED) is 0.569. The van der Waals surface area contributed by atoms with Crippen molar-refractivity contribution in [2.24, 2.45) is 0 Å². The van der Waals surface area contributed by atoms with E-state index in [1.54, 1.807) is 13.8 Å². The molecule has 0 fully saturated rings. The average Bonchev–Trinajstić information content (AvgIpc) is 2.66. The SMILES string of the molecule is COc1ccc(C(=O)Nc2cc(C(F)(F)F)ccc2NC(C)=O)cc1S(=O)(=O)NC(C)C. The van der Waals surface area contributed by atoms with E-state index in [1.807, 2.05) is 0 Å². The number of nitrogens with one attached hydrogen (secondary N) is 3. The third-order valence-corrected chi connectivity index (χ3v) is 5.69. The third-order valence-electron chi connectivity index (χ3n) is 4.01. The van der Waals surface area contributed by atoms with E-state index in [0.29, 0.717) is 6.07 Å². The number of amides is 2. The fraction of sp³-hybridized carbons (Fsp3) is 0.300. The van der Waals surface area contributed by atoms with Gasteiger partial charge in [0.2, 0.25) is 15.9 Å². The summed E-state index contributed by atoms with van der Waals surface area (Å²) in [6.07, 6.45) is -4.68. The van der Waals surface area contributed by atoms with Crippen molar-refractivity contribution < 1.29 is 35.9 Å². The van der Waals surface area contributed by atoms with Gasteiger partial charge in [-0.2, -0.15) is 13.2 Å². The van der Waals surface area contributed by atoms with Crippen molar-refractivity contribution in [3.63, 3.8) is 0 Å². The molecule has 0 radical (unpaired) electrons. The summed E-state index contributed by atoms with van der Waals surface area (Å²) >= 11 is 0. The highest BCUT2D eigenvalue weighted by atomic mass is 32.2. The molecule has 3 N–H and O–H groups in total. The van der Waals surface area contributed by atoms with Crippen LogP contribution >= 0.6 is 0 Å². The van der Waals surface area contributed by atoms with Crippen LogP contribution in [0.5, 0.6) is 5.75 Å². The summed E-state index contributed by atoms with van der Waals surface area (Å²) in [5.41, 5.74) is -1.55. The highest BCUT2D eigenvalue weighted by Crippen LogP contribution is 2.34. The van der Waals surface area contributed by atoms with Gasteiger partial charge in [-0.25, -0.2) is 13.1 Å². The normalized spacial score (nSPS) is 11.9. The summed E-state index contributed by atoms with van der Waals surface area (Å²) in [4.78, 5) is 23.8. The van der Waals surface area contributed by atoms with Gasteiger partial charge in [-0.15, -0.1) is 0 Å². The van der Waals surface area contributed by atoms with Crippen molar-refractivity contribution in [3.05, 3.63) is 47.5 Å². The summed E-state index contributed by atoms with van der Waals surface area (Å²) in [6, 6.07) is 5.56. The van der Waals surface area contributed by atoms with Gasteiger partial charge in [0.05, 0.1) is 24.0 Å². The predicted octanol–water partition coefficient (Wildman–Crippen LogP) is 3.61. The van der Waals surface area contributed by atoms with Gasteiger partial charge in [0, 0.05) is 18.5 Å². The zero-order chi connectivity index (χ0) is 24.3. The predicted molar refractivity (Wildman–Crippen MR) is 112 cm³/mol. The number of halogens is 3. The van der Waals surface area contributed by atoms with Crippen LogP contribution in [0.4, 0.5) is 24.5 Å². The number of carbonyl (C=O) groups is 2. The molecule has 0 aliphatic carbocycles. The van der Waals surface area contributed by atoms with Gasteiger partial charge >= 0.3 is 6.18 Å². The first-order valence-electron chi connectivity index (χ1n) is 9.25. The summed E-state index contributed by atoms with van der Waals surface area (Å²) in [5.74, 6) is -1.47. The van der Waals surface area contributed by atoms with Gasteiger partial charge in [-0.3, -0.25) is 9.59 Å². The number of anilines is 2. The Balaban J connectivity index is 2.48. The maximum Gasteiger partial charge on any atom is 0.416 e. The monoisotopic (exact) mass is 473 g/mol. The van der Waals surface area contributed by atoms with Crippen molar-refractivity contribution in [1.82, 2.24) is 4.72 Å². The molecule has 2 aromatic carbocycles. The lowest BCUT2D eigenvalue weighted by atomic mass is 10.1. The Hall–Kier alpha value is -3.12. The van der Waals surface area contributed by atoms with Gasteiger partial charge in [0.15, 0.2) is 0 Å². The largest absolute Gasteiger partial charge is 0.495 e. The number of ether oxygens (including phenoxy) is 1. The van der Waals surface area contributed by atoms with Gasteiger partial charge in [-0.1, -0.05) is 0 Å². The minimum absolute atomic E-state index is 0.0206. The molecule has 0 aliphatic rings. The fourth-order valence-corrected chi connectivity index (χ4v) is 4.16. The Morgan fingerprint density at radius 1 is 1.00 bits per heavy atom. The van der Waals surface area contributed by atoms with E-state index in [2.05, 4.69) is 15.4 Å². The van der Waals surface area contributed by atoms with E-state index in [4.69, 9.17) is 4.74 Å². The zero-order valence-electron chi connectivity index (χ0n) is 17.6. The molecule has 2 amide bonds. The summed E-state index contributed by atoms with van der Waals surface area (Å²) < 4.78 is 71.9. The fourth-order valence-electron chi connectivity index (χ4n) is 2.72. The van der Waals surface area contributed by atoms with Crippen LogP contribution in [-0.4, -0.2) is 33.4 Å².